The maximum atomic E-state index is 11.7. The minimum absolute atomic E-state index is 0.105. The van der Waals surface area contributed by atoms with Gasteiger partial charge in [-0.2, -0.15) is 0 Å². The van der Waals surface area contributed by atoms with Crippen molar-refractivity contribution in [1.82, 2.24) is 9.80 Å². The number of likely N-dealkylation sites (tertiary alicyclic amines) is 1. The van der Waals surface area contributed by atoms with Gasteiger partial charge in [0.05, 0.1) is 19.1 Å². The Balaban J connectivity index is 1.72. The monoisotopic (exact) mass is 240 g/mol. The molecule has 2 aliphatic heterocycles. The van der Waals surface area contributed by atoms with Crippen LogP contribution in [0.5, 0.6) is 0 Å². The van der Waals surface area contributed by atoms with Crippen molar-refractivity contribution >= 4 is 5.78 Å². The summed E-state index contributed by atoms with van der Waals surface area (Å²) in [4.78, 5) is 16.4. The molecule has 4 nitrogen and oxygen atoms in total. The summed E-state index contributed by atoms with van der Waals surface area (Å²) in [5, 5.41) is 0. The highest BCUT2D eigenvalue weighted by Crippen LogP contribution is 2.17. The van der Waals surface area contributed by atoms with E-state index in [0.717, 1.165) is 19.0 Å². The lowest BCUT2D eigenvalue weighted by Gasteiger charge is -2.27. The number of Topliss-reactive ketones (excluding diaryl/α,β-unsaturated/α-hetero) is 1. The molecule has 2 saturated heterocycles. The third kappa shape index (κ3) is 3.76. The number of carbonyl (C=O) groups excluding carboxylic acids is 1. The lowest BCUT2D eigenvalue weighted by atomic mass is 9.99. The van der Waals surface area contributed by atoms with Crippen LogP contribution in [0.1, 0.15) is 12.8 Å². The molecule has 0 aliphatic carbocycles. The van der Waals surface area contributed by atoms with Gasteiger partial charge in [0.2, 0.25) is 0 Å². The third-order valence-electron chi connectivity index (χ3n) is 3.86. The summed E-state index contributed by atoms with van der Waals surface area (Å²) in [6, 6.07) is 0. The average Bonchev–Trinajstić information content (AvgIpc) is 2.67. The Hall–Kier alpha value is -0.450. The molecule has 0 N–H and O–H groups in total. The second-order valence-electron chi connectivity index (χ2n) is 5.63. The first kappa shape index (κ1) is 13.0. The van der Waals surface area contributed by atoms with Gasteiger partial charge in [0, 0.05) is 26.1 Å². The second kappa shape index (κ2) is 5.94. The number of ketones is 1. The Kier molecular flexibility index (Phi) is 4.54. The van der Waals surface area contributed by atoms with Crippen molar-refractivity contribution in [2.75, 3.05) is 53.5 Å². The predicted molar refractivity (Wildman–Crippen MR) is 67.0 cm³/mol. The van der Waals surface area contributed by atoms with E-state index < -0.39 is 0 Å². The van der Waals surface area contributed by atoms with Gasteiger partial charge in [-0.15, -0.1) is 0 Å². The van der Waals surface area contributed by atoms with Crippen molar-refractivity contribution in [3.05, 3.63) is 0 Å². The second-order valence-corrected chi connectivity index (χ2v) is 5.63. The van der Waals surface area contributed by atoms with Gasteiger partial charge in [-0.25, -0.2) is 0 Å². The van der Waals surface area contributed by atoms with Gasteiger partial charge in [0.15, 0.2) is 0 Å². The molecule has 17 heavy (non-hydrogen) atoms. The first-order valence-electron chi connectivity index (χ1n) is 6.62. The number of ether oxygens (including phenoxy) is 1. The van der Waals surface area contributed by atoms with E-state index in [1.165, 1.54) is 19.5 Å². The van der Waals surface area contributed by atoms with Crippen LogP contribution in [0.25, 0.3) is 0 Å². The zero-order valence-electron chi connectivity index (χ0n) is 11.0. The molecule has 98 valence electrons. The van der Waals surface area contributed by atoms with Gasteiger partial charge < -0.3 is 14.5 Å². The number of hydrogen-bond donors (Lipinski definition) is 0. The summed E-state index contributed by atoms with van der Waals surface area (Å²) in [5.41, 5.74) is 0. The lowest BCUT2D eigenvalue weighted by molar-refractivity contribution is -0.131. The largest absolute Gasteiger partial charge is 0.380 e. The molecule has 0 aromatic rings. The summed E-state index contributed by atoms with van der Waals surface area (Å²) in [6.07, 6.45) is 1.89. The Morgan fingerprint density at radius 2 is 2.29 bits per heavy atom. The van der Waals surface area contributed by atoms with Crippen LogP contribution >= 0.6 is 0 Å². The average molecular weight is 240 g/mol. The normalized spacial score (nSPS) is 31.4. The van der Waals surface area contributed by atoms with Crippen molar-refractivity contribution in [2.24, 2.45) is 11.8 Å². The van der Waals surface area contributed by atoms with Gasteiger partial charge in [-0.1, -0.05) is 0 Å². The molecule has 0 aromatic carbocycles. The van der Waals surface area contributed by atoms with Crippen LogP contribution in [-0.2, 0) is 9.53 Å². The van der Waals surface area contributed by atoms with E-state index >= 15 is 0 Å². The fourth-order valence-electron chi connectivity index (χ4n) is 2.92. The van der Waals surface area contributed by atoms with Gasteiger partial charge in [-0.3, -0.25) is 4.79 Å². The Labute approximate surface area is 104 Å². The van der Waals surface area contributed by atoms with Crippen LogP contribution in [0.2, 0.25) is 0 Å². The van der Waals surface area contributed by atoms with E-state index in [-0.39, 0.29) is 5.92 Å². The van der Waals surface area contributed by atoms with Crippen LogP contribution in [-0.4, -0.2) is 69.1 Å². The van der Waals surface area contributed by atoms with Crippen LogP contribution in [0.4, 0.5) is 0 Å². The van der Waals surface area contributed by atoms with E-state index in [9.17, 15) is 4.79 Å². The SMILES string of the molecule is CN1CCC(CN(C)CC2COCCC2=O)C1. The molecular formula is C13H24N2O2. The van der Waals surface area contributed by atoms with Crippen LogP contribution in [0.3, 0.4) is 0 Å². The molecule has 2 unspecified atom stereocenters. The minimum atomic E-state index is 0.105. The minimum Gasteiger partial charge on any atom is -0.380 e. The highest BCUT2D eigenvalue weighted by atomic mass is 16.5. The maximum Gasteiger partial charge on any atom is 0.141 e. The van der Waals surface area contributed by atoms with Crippen LogP contribution in [0.15, 0.2) is 0 Å². The summed E-state index contributed by atoms with van der Waals surface area (Å²) >= 11 is 0. The fraction of sp³-hybridized carbons (Fsp3) is 0.923. The zero-order chi connectivity index (χ0) is 12.3. The molecule has 2 rings (SSSR count). The summed E-state index contributed by atoms with van der Waals surface area (Å²) in [5.74, 6) is 1.25. The summed E-state index contributed by atoms with van der Waals surface area (Å²) in [7, 11) is 4.30. The van der Waals surface area contributed by atoms with E-state index in [1.54, 1.807) is 0 Å². The molecule has 2 aliphatic rings. The molecule has 2 atom stereocenters. The van der Waals surface area contributed by atoms with Crippen molar-refractivity contribution in [3.63, 3.8) is 0 Å². The molecule has 0 aromatic heterocycles. The van der Waals surface area contributed by atoms with E-state index in [1.807, 2.05) is 0 Å². The van der Waals surface area contributed by atoms with E-state index in [2.05, 4.69) is 23.9 Å². The highest BCUT2D eigenvalue weighted by molar-refractivity contribution is 5.82. The molecule has 0 amide bonds. The molecule has 2 heterocycles. The van der Waals surface area contributed by atoms with Crippen LogP contribution < -0.4 is 0 Å². The Bertz CT molecular complexity index is 270. The quantitative estimate of drug-likeness (QED) is 0.715. The van der Waals surface area contributed by atoms with Crippen molar-refractivity contribution in [1.29, 1.82) is 0 Å². The van der Waals surface area contributed by atoms with Gasteiger partial charge in [0.25, 0.3) is 0 Å². The first-order valence-corrected chi connectivity index (χ1v) is 6.62. The van der Waals surface area contributed by atoms with Crippen molar-refractivity contribution in [2.45, 2.75) is 12.8 Å². The maximum absolute atomic E-state index is 11.7. The molecule has 2 fully saturated rings. The molecule has 0 bridgehead atoms. The van der Waals surface area contributed by atoms with E-state index in [0.29, 0.717) is 25.4 Å². The zero-order valence-corrected chi connectivity index (χ0v) is 11.0. The van der Waals surface area contributed by atoms with Gasteiger partial charge in [0.1, 0.15) is 5.78 Å². The van der Waals surface area contributed by atoms with Gasteiger partial charge in [-0.05, 0) is 33.0 Å². The number of nitrogens with zero attached hydrogens (tertiary/aromatic N) is 2. The molecule has 0 radical (unpaired) electrons. The van der Waals surface area contributed by atoms with E-state index in [4.69, 9.17) is 4.74 Å². The predicted octanol–water partition coefficient (Wildman–Crippen LogP) is 0.476. The molecule has 4 heteroatoms. The fourth-order valence-corrected chi connectivity index (χ4v) is 2.92. The molecular weight excluding hydrogens is 216 g/mol. The Morgan fingerprint density at radius 3 is 2.94 bits per heavy atom. The first-order chi connectivity index (χ1) is 8.15. The van der Waals surface area contributed by atoms with Gasteiger partial charge >= 0.3 is 0 Å². The standard InChI is InChI=1S/C13H24N2O2/c1-14-5-3-11(7-14)8-15(2)9-12-10-17-6-4-13(12)16/h11-12H,3-10H2,1-2H3. The highest BCUT2D eigenvalue weighted by Gasteiger charge is 2.26. The van der Waals surface area contributed by atoms with Crippen molar-refractivity contribution in [3.8, 4) is 0 Å². The smallest absolute Gasteiger partial charge is 0.141 e. The Morgan fingerprint density at radius 1 is 1.47 bits per heavy atom. The number of rotatable bonds is 4. The molecule has 0 spiro atoms. The number of hydrogen-bond acceptors (Lipinski definition) is 4. The topological polar surface area (TPSA) is 32.8 Å². The van der Waals surface area contributed by atoms with Crippen LogP contribution in [0, 0.1) is 11.8 Å². The number of carbonyl (C=O) groups is 1. The third-order valence-corrected chi connectivity index (χ3v) is 3.86. The molecule has 0 saturated carbocycles. The summed E-state index contributed by atoms with van der Waals surface area (Å²) in [6.45, 7) is 5.61. The summed E-state index contributed by atoms with van der Waals surface area (Å²) < 4.78 is 5.38. The lowest BCUT2D eigenvalue weighted by Crippen LogP contribution is -2.39. The van der Waals surface area contributed by atoms with Crippen molar-refractivity contribution < 1.29 is 9.53 Å².